The summed E-state index contributed by atoms with van der Waals surface area (Å²) in [7, 11) is -3.37. The largest absolute Gasteiger partial charge is 0.249 e. The molecule has 7 heteroatoms. The van der Waals surface area contributed by atoms with E-state index in [4.69, 9.17) is 0 Å². The van der Waals surface area contributed by atoms with Gasteiger partial charge in [-0.15, -0.1) is 0 Å². The second kappa shape index (κ2) is 7.37. The Morgan fingerprint density at radius 1 is 0.958 bits per heavy atom. The summed E-state index contributed by atoms with van der Waals surface area (Å²) in [4.78, 5) is 3.91. The number of rotatable bonds is 7. The van der Waals surface area contributed by atoms with E-state index in [1.165, 1.54) is 6.33 Å². The Morgan fingerprint density at radius 3 is 2.46 bits per heavy atom. The number of aromatic nitrogens is 3. The summed E-state index contributed by atoms with van der Waals surface area (Å²) in [5.74, 6) is -0.0213. The van der Waals surface area contributed by atoms with Crippen molar-refractivity contribution >= 4 is 10.0 Å². The molecule has 0 bridgehead atoms. The van der Waals surface area contributed by atoms with Gasteiger partial charge >= 0.3 is 0 Å². The molecular weight excluding hydrogens is 324 g/mol. The Morgan fingerprint density at radius 2 is 1.71 bits per heavy atom. The van der Waals surface area contributed by atoms with Crippen molar-refractivity contribution < 1.29 is 8.42 Å². The molecular formula is C17H18N4O2S. The van der Waals surface area contributed by atoms with Gasteiger partial charge < -0.3 is 0 Å². The van der Waals surface area contributed by atoms with Crippen molar-refractivity contribution in [1.82, 2.24) is 19.5 Å². The summed E-state index contributed by atoms with van der Waals surface area (Å²) in [5.41, 5.74) is 2.72. The average Bonchev–Trinajstić information content (AvgIpc) is 3.07. The van der Waals surface area contributed by atoms with Gasteiger partial charge in [-0.2, -0.15) is 5.10 Å². The molecule has 0 atom stereocenters. The molecule has 0 spiro atoms. The van der Waals surface area contributed by atoms with E-state index in [0.717, 1.165) is 16.7 Å². The van der Waals surface area contributed by atoms with Crippen LogP contribution in [-0.2, 0) is 28.9 Å². The van der Waals surface area contributed by atoms with Crippen molar-refractivity contribution in [2.24, 2.45) is 0 Å². The molecule has 0 aliphatic carbocycles. The number of benzene rings is 2. The molecule has 0 aliphatic heterocycles. The SMILES string of the molecule is O=S(=O)(Cc1ccccc1)NCc1cccc(Cn2cncn2)c1. The van der Waals surface area contributed by atoms with Crippen molar-refractivity contribution in [3.63, 3.8) is 0 Å². The lowest BCUT2D eigenvalue weighted by Gasteiger charge is -2.08. The number of sulfonamides is 1. The maximum Gasteiger partial charge on any atom is 0.216 e. The van der Waals surface area contributed by atoms with Gasteiger partial charge in [0.1, 0.15) is 12.7 Å². The molecule has 0 saturated carbocycles. The molecule has 0 saturated heterocycles. The zero-order chi connectivity index (χ0) is 16.8. The summed E-state index contributed by atoms with van der Waals surface area (Å²) in [5, 5.41) is 4.07. The van der Waals surface area contributed by atoms with Gasteiger partial charge in [-0.1, -0.05) is 54.6 Å². The van der Waals surface area contributed by atoms with E-state index in [2.05, 4.69) is 14.8 Å². The molecule has 1 aromatic heterocycles. The van der Waals surface area contributed by atoms with E-state index >= 15 is 0 Å². The van der Waals surface area contributed by atoms with Crippen LogP contribution in [0.15, 0.2) is 67.3 Å². The van der Waals surface area contributed by atoms with Crippen LogP contribution in [0.2, 0.25) is 0 Å². The first kappa shape index (κ1) is 16.4. The summed E-state index contributed by atoms with van der Waals surface area (Å²) >= 11 is 0. The quantitative estimate of drug-likeness (QED) is 0.712. The highest BCUT2D eigenvalue weighted by molar-refractivity contribution is 7.88. The minimum atomic E-state index is -3.37. The fraction of sp³-hybridized carbons (Fsp3) is 0.176. The van der Waals surface area contributed by atoms with Gasteiger partial charge in [0.15, 0.2) is 0 Å². The Labute approximate surface area is 141 Å². The Hall–Kier alpha value is -2.51. The first-order valence-electron chi connectivity index (χ1n) is 7.52. The fourth-order valence-electron chi connectivity index (χ4n) is 2.38. The van der Waals surface area contributed by atoms with Crippen molar-refractivity contribution in [2.45, 2.75) is 18.8 Å². The van der Waals surface area contributed by atoms with Gasteiger partial charge in [0.05, 0.1) is 12.3 Å². The highest BCUT2D eigenvalue weighted by Gasteiger charge is 2.11. The molecule has 0 aliphatic rings. The van der Waals surface area contributed by atoms with E-state index in [0.29, 0.717) is 6.54 Å². The molecule has 6 nitrogen and oxygen atoms in total. The Bertz CT molecular complexity index is 878. The molecule has 0 unspecified atom stereocenters. The van der Waals surface area contributed by atoms with Crippen molar-refractivity contribution in [3.8, 4) is 0 Å². The fourth-order valence-corrected chi connectivity index (χ4v) is 3.50. The van der Waals surface area contributed by atoms with Crippen LogP contribution in [0.5, 0.6) is 0 Å². The minimum Gasteiger partial charge on any atom is -0.249 e. The van der Waals surface area contributed by atoms with Crippen molar-refractivity contribution in [2.75, 3.05) is 0 Å². The highest BCUT2D eigenvalue weighted by atomic mass is 32.2. The van der Waals surface area contributed by atoms with E-state index in [9.17, 15) is 8.42 Å². The van der Waals surface area contributed by atoms with E-state index in [1.54, 1.807) is 23.1 Å². The van der Waals surface area contributed by atoms with Crippen LogP contribution in [0.1, 0.15) is 16.7 Å². The molecule has 24 heavy (non-hydrogen) atoms. The summed E-state index contributed by atoms with van der Waals surface area (Å²) < 4.78 is 28.7. The minimum absolute atomic E-state index is 0.0213. The third-order valence-corrected chi connectivity index (χ3v) is 4.80. The number of nitrogens with zero attached hydrogens (tertiary/aromatic N) is 3. The second-order valence-corrected chi connectivity index (χ2v) is 7.29. The summed E-state index contributed by atoms with van der Waals surface area (Å²) in [6, 6.07) is 16.9. The molecule has 0 fully saturated rings. The van der Waals surface area contributed by atoms with Gasteiger partial charge in [0, 0.05) is 6.54 Å². The smallest absolute Gasteiger partial charge is 0.216 e. The Balaban J connectivity index is 1.61. The standard InChI is InChI=1S/C17H18N4O2S/c22-24(23,12-15-5-2-1-3-6-15)20-10-16-7-4-8-17(9-16)11-21-14-18-13-19-21/h1-9,13-14,20H,10-12H2. The van der Waals surface area contributed by atoms with Crippen LogP contribution in [0.25, 0.3) is 0 Å². The molecule has 1 heterocycles. The lowest BCUT2D eigenvalue weighted by molar-refractivity contribution is 0.580. The molecule has 3 rings (SSSR count). The average molecular weight is 342 g/mol. The third-order valence-electron chi connectivity index (χ3n) is 3.50. The van der Waals surface area contributed by atoms with Gasteiger partial charge in [0.25, 0.3) is 0 Å². The first-order valence-corrected chi connectivity index (χ1v) is 9.17. The van der Waals surface area contributed by atoms with Crippen LogP contribution in [0.3, 0.4) is 0 Å². The van der Waals surface area contributed by atoms with Crippen molar-refractivity contribution in [3.05, 3.63) is 83.9 Å². The maximum absolute atomic E-state index is 12.2. The summed E-state index contributed by atoms with van der Waals surface area (Å²) in [6.45, 7) is 0.866. The predicted octanol–water partition coefficient (Wildman–Crippen LogP) is 1.95. The predicted molar refractivity (Wildman–Crippen MR) is 91.5 cm³/mol. The highest BCUT2D eigenvalue weighted by Crippen LogP contribution is 2.09. The lowest BCUT2D eigenvalue weighted by Crippen LogP contribution is -2.24. The molecule has 0 radical (unpaired) electrons. The first-order chi connectivity index (χ1) is 11.6. The molecule has 124 valence electrons. The molecule has 1 N–H and O–H groups in total. The zero-order valence-corrected chi connectivity index (χ0v) is 13.9. The van der Waals surface area contributed by atoms with E-state index in [1.807, 2.05) is 42.5 Å². The normalized spacial score (nSPS) is 11.5. The zero-order valence-electron chi connectivity index (χ0n) is 13.0. The molecule has 3 aromatic rings. The van der Waals surface area contributed by atoms with E-state index < -0.39 is 10.0 Å². The topological polar surface area (TPSA) is 76.9 Å². The van der Waals surface area contributed by atoms with Crippen LogP contribution in [-0.4, -0.2) is 23.2 Å². The number of nitrogens with one attached hydrogen (secondary N) is 1. The maximum atomic E-state index is 12.2. The van der Waals surface area contributed by atoms with Gasteiger partial charge in [-0.25, -0.2) is 22.8 Å². The number of hydrogen-bond donors (Lipinski definition) is 1. The van der Waals surface area contributed by atoms with Gasteiger partial charge in [0.2, 0.25) is 10.0 Å². The van der Waals surface area contributed by atoms with Crippen molar-refractivity contribution in [1.29, 1.82) is 0 Å². The Kier molecular flexibility index (Phi) is 5.02. The van der Waals surface area contributed by atoms with Crippen LogP contribution in [0.4, 0.5) is 0 Å². The monoisotopic (exact) mass is 342 g/mol. The van der Waals surface area contributed by atoms with Gasteiger partial charge in [-0.05, 0) is 16.7 Å². The van der Waals surface area contributed by atoms with E-state index in [-0.39, 0.29) is 12.3 Å². The summed E-state index contributed by atoms with van der Waals surface area (Å²) in [6.07, 6.45) is 3.14. The second-order valence-electron chi connectivity index (χ2n) is 5.48. The molecule has 2 aromatic carbocycles. The lowest BCUT2D eigenvalue weighted by atomic mass is 10.1. The van der Waals surface area contributed by atoms with Crippen LogP contribution < -0.4 is 4.72 Å². The van der Waals surface area contributed by atoms with Gasteiger partial charge in [-0.3, -0.25) is 0 Å². The number of hydrogen-bond acceptors (Lipinski definition) is 4. The van der Waals surface area contributed by atoms with Crippen LogP contribution >= 0.6 is 0 Å². The van der Waals surface area contributed by atoms with Crippen LogP contribution in [0, 0.1) is 0 Å². The third kappa shape index (κ3) is 4.74. The molecule has 0 amide bonds.